The molecule has 0 spiro atoms. The highest BCUT2D eigenvalue weighted by molar-refractivity contribution is 6.01. The van der Waals surface area contributed by atoms with Gasteiger partial charge in [-0.15, -0.1) is 0 Å². The van der Waals surface area contributed by atoms with E-state index in [4.69, 9.17) is 0 Å². The Labute approximate surface area is 133 Å². The molecule has 0 saturated carbocycles. The van der Waals surface area contributed by atoms with Crippen LogP contribution < -0.4 is 10.9 Å². The number of pyridine rings is 2. The van der Waals surface area contributed by atoms with Crippen molar-refractivity contribution in [2.24, 2.45) is 5.92 Å². The highest BCUT2D eigenvalue weighted by atomic mass is 16.2. The minimum absolute atomic E-state index is 0.0271. The molecule has 0 aliphatic heterocycles. The van der Waals surface area contributed by atoms with E-state index in [-0.39, 0.29) is 17.3 Å². The molecule has 1 aliphatic rings. The van der Waals surface area contributed by atoms with E-state index in [9.17, 15) is 14.4 Å². The summed E-state index contributed by atoms with van der Waals surface area (Å²) >= 11 is 0. The van der Waals surface area contributed by atoms with E-state index in [0.29, 0.717) is 30.6 Å². The van der Waals surface area contributed by atoms with Crippen molar-refractivity contribution >= 4 is 11.7 Å². The van der Waals surface area contributed by atoms with E-state index in [1.165, 1.54) is 6.07 Å². The summed E-state index contributed by atoms with van der Waals surface area (Å²) in [7, 11) is 0. The number of amides is 1. The number of aromatic amines is 1. The van der Waals surface area contributed by atoms with Crippen LogP contribution in [0.5, 0.6) is 0 Å². The van der Waals surface area contributed by atoms with Crippen molar-refractivity contribution in [2.45, 2.75) is 26.3 Å². The molecule has 1 unspecified atom stereocenters. The molecule has 6 heteroatoms. The highest BCUT2D eigenvalue weighted by Gasteiger charge is 2.25. The van der Waals surface area contributed by atoms with E-state index in [2.05, 4.69) is 15.3 Å². The number of ketones is 1. The standard InChI is InChI=1S/C17H17N3O3/c1-10-6-14-12(15(21)7-10)8-13(17(23)20-14)16(22)19-9-11-2-4-18-5-3-11/h2-5,8,10H,6-7,9H2,1H3,(H,19,22)(H,20,23). The summed E-state index contributed by atoms with van der Waals surface area (Å²) in [5.74, 6) is -0.313. The molecule has 2 aromatic rings. The number of carbonyl (C=O) groups excluding carboxylic acids is 2. The van der Waals surface area contributed by atoms with Gasteiger partial charge in [-0.3, -0.25) is 19.4 Å². The molecule has 1 atom stereocenters. The van der Waals surface area contributed by atoms with Crippen LogP contribution in [-0.2, 0) is 13.0 Å². The van der Waals surface area contributed by atoms with Crippen molar-refractivity contribution in [1.82, 2.24) is 15.3 Å². The second-order valence-corrected chi connectivity index (χ2v) is 5.88. The zero-order valence-electron chi connectivity index (χ0n) is 12.8. The van der Waals surface area contributed by atoms with Gasteiger partial charge in [0.15, 0.2) is 5.78 Å². The summed E-state index contributed by atoms with van der Waals surface area (Å²) in [6.07, 6.45) is 4.35. The normalized spacial score (nSPS) is 16.7. The Morgan fingerprint density at radius 3 is 2.78 bits per heavy atom. The monoisotopic (exact) mass is 311 g/mol. The van der Waals surface area contributed by atoms with Crippen LogP contribution >= 0.6 is 0 Å². The van der Waals surface area contributed by atoms with E-state index in [1.807, 2.05) is 6.92 Å². The topological polar surface area (TPSA) is 91.9 Å². The fraction of sp³-hybridized carbons (Fsp3) is 0.294. The molecule has 0 fully saturated rings. The van der Waals surface area contributed by atoms with E-state index < -0.39 is 11.5 Å². The highest BCUT2D eigenvalue weighted by Crippen LogP contribution is 2.23. The Hall–Kier alpha value is -2.76. The lowest BCUT2D eigenvalue weighted by Crippen LogP contribution is -2.32. The zero-order chi connectivity index (χ0) is 16.4. The number of Topliss-reactive ketones (excluding diaryl/α,β-unsaturated/α-hetero) is 1. The molecule has 2 aromatic heterocycles. The van der Waals surface area contributed by atoms with Crippen molar-refractivity contribution in [3.63, 3.8) is 0 Å². The molecular weight excluding hydrogens is 294 g/mol. The van der Waals surface area contributed by atoms with Crippen molar-refractivity contribution in [3.05, 3.63) is 63.3 Å². The van der Waals surface area contributed by atoms with Gasteiger partial charge in [-0.1, -0.05) is 6.92 Å². The molecule has 0 saturated heterocycles. The van der Waals surface area contributed by atoms with Gasteiger partial charge in [0, 0.05) is 36.6 Å². The smallest absolute Gasteiger partial charge is 0.261 e. The molecular formula is C17H17N3O3. The molecule has 0 bridgehead atoms. The summed E-state index contributed by atoms with van der Waals surface area (Å²) < 4.78 is 0. The van der Waals surface area contributed by atoms with Crippen LogP contribution in [0, 0.1) is 5.92 Å². The Morgan fingerprint density at radius 1 is 1.30 bits per heavy atom. The molecule has 23 heavy (non-hydrogen) atoms. The SMILES string of the molecule is CC1CC(=O)c2cc(C(=O)NCc3ccncc3)c(=O)[nH]c2C1. The fourth-order valence-electron chi connectivity index (χ4n) is 2.77. The van der Waals surface area contributed by atoms with Crippen molar-refractivity contribution in [2.75, 3.05) is 0 Å². The van der Waals surface area contributed by atoms with Crippen LogP contribution in [0.3, 0.4) is 0 Å². The van der Waals surface area contributed by atoms with Crippen LogP contribution in [0.25, 0.3) is 0 Å². The second-order valence-electron chi connectivity index (χ2n) is 5.88. The first kappa shape index (κ1) is 15.1. The van der Waals surface area contributed by atoms with Gasteiger partial charge < -0.3 is 10.3 Å². The molecule has 1 amide bonds. The minimum atomic E-state index is -0.489. The molecule has 0 aromatic carbocycles. The summed E-state index contributed by atoms with van der Waals surface area (Å²) in [6, 6.07) is 4.98. The van der Waals surface area contributed by atoms with Crippen LogP contribution in [0.2, 0.25) is 0 Å². The molecule has 2 N–H and O–H groups in total. The minimum Gasteiger partial charge on any atom is -0.348 e. The van der Waals surface area contributed by atoms with E-state index in [1.54, 1.807) is 24.5 Å². The second kappa shape index (κ2) is 6.16. The van der Waals surface area contributed by atoms with Crippen LogP contribution in [0.1, 0.15) is 45.3 Å². The predicted octanol–water partition coefficient (Wildman–Crippen LogP) is 1.46. The molecule has 6 nitrogen and oxygen atoms in total. The zero-order valence-corrected chi connectivity index (χ0v) is 12.8. The molecule has 0 radical (unpaired) electrons. The molecule has 118 valence electrons. The summed E-state index contributed by atoms with van der Waals surface area (Å²) in [4.78, 5) is 43.0. The van der Waals surface area contributed by atoms with E-state index in [0.717, 1.165) is 5.56 Å². The van der Waals surface area contributed by atoms with Gasteiger partial charge in [-0.2, -0.15) is 0 Å². The number of hydrogen-bond acceptors (Lipinski definition) is 4. The van der Waals surface area contributed by atoms with Crippen LogP contribution in [0.15, 0.2) is 35.4 Å². The van der Waals surface area contributed by atoms with Gasteiger partial charge >= 0.3 is 0 Å². The maximum absolute atomic E-state index is 12.2. The lowest BCUT2D eigenvalue weighted by molar-refractivity contribution is 0.0949. The number of carbonyl (C=O) groups is 2. The number of fused-ring (bicyclic) bond motifs is 1. The Balaban J connectivity index is 1.83. The number of rotatable bonds is 3. The average molecular weight is 311 g/mol. The molecule has 1 aliphatic carbocycles. The van der Waals surface area contributed by atoms with Gasteiger partial charge in [0.25, 0.3) is 11.5 Å². The van der Waals surface area contributed by atoms with Crippen LogP contribution in [-0.4, -0.2) is 21.7 Å². The Kier molecular flexibility index (Phi) is 4.06. The van der Waals surface area contributed by atoms with Gasteiger partial charge in [0.05, 0.1) is 0 Å². The van der Waals surface area contributed by atoms with Crippen molar-refractivity contribution in [3.8, 4) is 0 Å². The van der Waals surface area contributed by atoms with Gasteiger partial charge in [-0.25, -0.2) is 0 Å². The third kappa shape index (κ3) is 3.21. The number of H-pyrrole nitrogens is 1. The summed E-state index contributed by atoms with van der Waals surface area (Å²) in [5, 5.41) is 2.69. The number of nitrogens with one attached hydrogen (secondary N) is 2. The number of hydrogen-bond donors (Lipinski definition) is 2. The molecule has 3 rings (SSSR count). The lowest BCUT2D eigenvalue weighted by Gasteiger charge is -2.20. The molecule has 2 heterocycles. The third-order valence-corrected chi connectivity index (χ3v) is 3.96. The summed E-state index contributed by atoms with van der Waals surface area (Å²) in [6.45, 7) is 2.26. The average Bonchev–Trinajstić information content (AvgIpc) is 2.53. The quantitative estimate of drug-likeness (QED) is 0.897. The van der Waals surface area contributed by atoms with Crippen molar-refractivity contribution < 1.29 is 9.59 Å². The van der Waals surface area contributed by atoms with Gasteiger partial charge in [0.2, 0.25) is 0 Å². The first-order chi connectivity index (χ1) is 11.0. The first-order valence-corrected chi connectivity index (χ1v) is 7.51. The number of aromatic nitrogens is 2. The predicted molar refractivity (Wildman–Crippen MR) is 84.3 cm³/mol. The first-order valence-electron chi connectivity index (χ1n) is 7.51. The third-order valence-electron chi connectivity index (χ3n) is 3.96. The maximum atomic E-state index is 12.2. The van der Waals surface area contributed by atoms with E-state index >= 15 is 0 Å². The van der Waals surface area contributed by atoms with Gasteiger partial charge in [0.1, 0.15) is 5.56 Å². The van der Waals surface area contributed by atoms with Gasteiger partial charge in [-0.05, 0) is 36.1 Å². The van der Waals surface area contributed by atoms with Crippen molar-refractivity contribution in [1.29, 1.82) is 0 Å². The number of nitrogens with zero attached hydrogens (tertiary/aromatic N) is 1. The Morgan fingerprint density at radius 2 is 2.04 bits per heavy atom. The summed E-state index contributed by atoms with van der Waals surface area (Å²) in [5.41, 5.74) is 1.48. The Bertz CT molecular complexity index is 812. The fourth-order valence-corrected chi connectivity index (χ4v) is 2.77. The largest absolute Gasteiger partial charge is 0.348 e. The van der Waals surface area contributed by atoms with Crippen LogP contribution in [0.4, 0.5) is 0 Å². The lowest BCUT2D eigenvalue weighted by atomic mass is 9.86. The maximum Gasteiger partial charge on any atom is 0.261 e.